The first-order chi connectivity index (χ1) is 9.74. The lowest BCUT2D eigenvalue weighted by atomic mass is 10.4. The predicted molar refractivity (Wildman–Crippen MR) is 76.0 cm³/mol. The summed E-state index contributed by atoms with van der Waals surface area (Å²) in [6.45, 7) is 2.94. The van der Waals surface area contributed by atoms with Crippen LogP contribution in [0.5, 0.6) is 0 Å². The van der Waals surface area contributed by atoms with Gasteiger partial charge in [-0.1, -0.05) is 0 Å². The lowest BCUT2D eigenvalue weighted by Crippen LogP contribution is -2.27. The van der Waals surface area contributed by atoms with Crippen LogP contribution in [0.2, 0.25) is 0 Å². The maximum Gasteiger partial charge on any atom is 0.244 e. The van der Waals surface area contributed by atoms with E-state index in [9.17, 15) is 4.79 Å². The summed E-state index contributed by atoms with van der Waals surface area (Å²) in [5, 5.41) is 5.80. The molecule has 2 aromatic rings. The highest BCUT2D eigenvalue weighted by molar-refractivity contribution is 5.91. The Kier molecular flexibility index (Phi) is 4.88. The van der Waals surface area contributed by atoms with Crippen LogP contribution < -0.4 is 10.6 Å². The Morgan fingerprint density at radius 3 is 2.95 bits per heavy atom. The van der Waals surface area contributed by atoms with Gasteiger partial charge >= 0.3 is 0 Å². The van der Waals surface area contributed by atoms with E-state index < -0.39 is 0 Å². The molecule has 0 bridgehead atoms. The van der Waals surface area contributed by atoms with Gasteiger partial charge in [0.2, 0.25) is 5.91 Å². The van der Waals surface area contributed by atoms with Gasteiger partial charge in [-0.25, -0.2) is 4.98 Å². The Labute approximate surface area is 116 Å². The topological polar surface area (TPSA) is 80.0 Å². The zero-order chi connectivity index (χ0) is 14.2. The summed E-state index contributed by atoms with van der Waals surface area (Å²) >= 11 is 0. The largest absolute Gasteiger partial charge is 0.462 e. The summed E-state index contributed by atoms with van der Waals surface area (Å²) in [5.74, 6) is 2.00. The minimum atomic E-state index is -0.167. The van der Waals surface area contributed by atoms with Gasteiger partial charge in [-0.3, -0.25) is 9.78 Å². The molecule has 0 aliphatic heterocycles. The van der Waals surface area contributed by atoms with Crippen LogP contribution in [0.25, 0.3) is 6.08 Å². The fraction of sp³-hybridized carbons (Fsp3) is 0.214. The lowest BCUT2D eigenvalue weighted by molar-refractivity contribution is -0.116. The van der Waals surface area contributed by atoms with E-state index in [2.05, 4.69) is 20.6 Å². The van der Waals surface area contributed by atoms with Gasteiger partial charge in [0.1, 0.15) is 17.3 Å². The third-order valence-electron chi connectivity index (χ3n) is 2.45. The molecule has 2 N–H and O–H groups in total. The highest BCUT2D eigenvalue weighted by atomic mass is 16.3. The molecule has 0 aliphatic carbocycles. The number of aryl methyl sites for hydroxylation is 1. The van der Waals surface area contributed by atoms with Crippen molar-refractivity contribution in [3.63, 3.8) is 0 Å². The van der Waals surface area contributed by atoms with Gasteiger partial charge in [-0.15, -0.1) is 0 Å². The molecule has 0 unspecified atom stereocenters. The van der Waals surface area contributed by atoms with E-state index in [-0.39, 0.29) is 5.91 Å². The van der Waals surface area contributed by atoms with E-state index in [0.29, 0.717) is 24.7 Å². The van der Waals surface area contributed by atoms with Gasteiger partial charge < -0.3 is 15.1 Å². The molecule has 6 heteroatoms. The second-order valence-corrected chi connectivity index (χ2v) is 4.09. The summed E-state index contributed by atoms with van der Waals surface area (Å²) in [7, 11) is 0. The van der Waals surface area contributed by atoms with Crippen LogP contribution in [0.4, 0.5) is 5.82 Å². The molecule has 0 saturated carbocycles. The minimum Gasteiger partial charge on any atom is -0.462 e. The number of hydrogen-bond donors (Lipinski definition) is 2. The van der Waals surface area contributed by atoms with Gasteiger partial charge in [0, 0.05) is 31.6 Å². The number of nitrogens with zero attached hydrogens (tertiary/aromatic N) is 2. The maximum absolute atomic E-state index is 11.5. The molecule has 0 fully saturated rings. The standard InChI is InChI=1S/C14H16N4O2/c1-11-2-3-12(20-11)4-5-14(19)18-9-8-17-13-10-15-6-7-16-13/h2-7,10H,8-9H2,1H3,(H,16,17)(H,18,19). The van der Waals surface area contributed by atoms with Crippen molar-refractivity contribution in [2.75, 3.05) is 18.4 Å². The predicted octanol–water partition coefficient (Wildman–Crippen LogP) is 1.62. The van der Waals surface area contributed by atoms with Crippen LogP contribution in [0, 0.1) is 6.92 Å². The van der Waals surface area contributed by atoms with Gasteiger partial charge in [0.15, 0.2) is 0 Å². The molecule has 0 aliphatic rings. The van der Waals surface area contributed by atoms with Crippen molar-refractivity contribution in [2.45, 2.75) is 6.92 Å². The zero-order valence-electron chi connectivity index (χ0n) is 11.2. The molecule has 2 heterocycles. The molecule has 0 aromatic carbocycles. The minimum absolute atomic E-state index is 0.167. The molecular weight excluding hydrogens is 256 g/mol. The Balaban J connectivity index is 1.66. The van der Waals surface area contributed by atoms with Gasteiger partial charge in [-0.2, -0.15) is 0 Å². The second-order valence-electron chi connectivity index (χ2n) is 4.09. The fourth-order valence-electron chi connectivity index (χ4n) is 1.53. The average Bonchev–Trinajstić information content (AvgIpc) is 2.88. The Hall–Kier alpha value is -2.63. The molecule has 0 saturated heterocycles. The number of nitrogens with one attached hydrogen (secondary N) is 2. The van der Waals surface area contributed by atoms with E-state index in [0.717, 1.165) is 5.76 Å². The number of furan rings is 1. The number of aromatic nitrogens is 2. The van der Waals surface area contributed by atoms with Crippen LogP contribution in [0.15, 0.2) is 41.2 Å². The Morgan fingerprint density at radius 2 is 2.25 bits per heavy atom. The number of anilines is 1. The molecule has 0 atom stereocenters. The van der Waals surface area contributed by atoms with E-state index >= 15 is 0 Å². The molecule has 0 radical (unpaired) electrons. The molecule has 104 valence electrons. The molecule has 0 spiro atoms. The maximum atomic E-state index is 11.5. The molecular formula is C14H16N4O2. The van der Waals surface area contributed by atoms with Crippen molar-refractivity contribution in [2.24, 2.45) is 0 Å². The van der Waals surface area contributed by atoms with E-state index in [1.807, 2.05) is 19.1 Å². The quantitative estimate of drug-likeness (QED) is 0.617. The number of carbonyl (C=O) groups excluding carboxylic acids is 1. The first-order valence-electron chi connectivity index (χ1n) is 6.26. The molecule has 6 nitrogen and oxygen atoms in total. The summed E-state index contributed by atoms with van der Waals surface area (Å²) in [6, 6.07) is 3.66. The Bertz CT molecular complexity index is 578. The number of amides is 1. The molecule has 2 rings (SSSR count). The van der Waals surface area contributed by atoms with Crippen LogP contribution in [-0.2, 0) is 4.79 Å². The monoisotopic (exact) mass is 272 g/mol. The Morgan fingerprint density at radius 1 is 1.35 bits per heavy atom. The van der Waals surface area contributed by atoms with Gasteiger partial charge in [0.05, 0.1) is 6.20 Å². The van der Waals surface area contributed by atoms with Gasteiger partial charge in [0.25, 0.3) is 0 Å². The zero-order valence-corrected chi connectivity index (χ0v) is 11.2. The van der Waals surface area contributed by atoms with Crippen LogP contribution in [-0.4, -0.2) is 29.0 Å². The van der Waals surface area contributed by atoms with Crippen molar-refractivity contribution in [1.29, 1.82) is 0 Å². The van der Waals surface area contributed by atoms with Crippen molar-refractivity contribution < 1.29 is 9.21 Å². The highest BCUT2D eigenvalue weighted by Crippen LogP contribution is 2.07. The highest BCUT2D eigenvalue weighted by Gasteiger charge is 1.97. The summed E-state index contributed by atoms with van der Waals surface area (Å²) in [5.41, 5.74) is 0. The van der Waals surface area contributed by atoms with Crippen LogP contribution in [0.3, 0.4) is 0 Å². The van der Waals surface area contributed by atoms with Crippen molar-refractivity contribution >= 4 is 17.8 Å². The van der Waals surface area contributed by atoms with Crippen molar-refractivity contribution in [1.82, 2.24) is 15.3 Å². The summed E-state index contributed by atoms with van der Waals surface area (Å²) in [4.78, 5) is 19.5. The average molecular weight is 272 g/mol. The smallest absolute Gasteiger partial charge is 0.244 e. The third kappa shape index (κ3) is 4.56. The van der Waals surface area contributed by atoms with Crippen molar-refractivity contribution in [3.05, 3.63) is 48.3 Å². The third-order valence-corrected chi connectivity index (χ3v) is 2.45. The first kappa shape index (κ1) is 13.8. The molecule has 2 aromatic heterocycles. The second kappa shape index (κ2) is 7.08. The van der Waals surface area contributed by atoms with E-state index in [1.54, 1.807) is 24.7 Å². The summed E-state index contributed by atoms with van der Waals surface area (Å²) in [6.07, 6.45) is 7.92. The van der Waals surface area contributed by atoms with E-state index in [4.69, 9.17) is 4.42 Å². The van der Waals surface area contributed by atoms with Crippen molar-refractivity contribution in [3.8, 4) is 0 Å². The molecule has 20 heavy (non-hydrogen) atoms. The normalized spacial score (nSPS) is 10.7. The van der Waals surface area contributed by atoms with Gasteiger partial charge in [-0.05, 0) is 25.1 Å². The lowest BCUT2D eigenvalue weighted by Gasteiger charge is -2.04. The number of rotatable bonds is 6. The van der Waals surface area contributed by atoms with Crippen LogP contribution in [0.1, 0.15) is 11.5 Å². The SMILES string of the molecule is Cc1ccc(C=CC(=O)NCCNc2cnccn2)o1. The summed E-state index contributed by atoms with van der Waals surface area (Å²) < 4.78 is 5.32. The molecule has 1 amide bonds. The first-order valence-corrected chi connectivity index (χ1v) is 6.26. The fourth-order valence-corrected chi connectivity index (χ4v) is 1.53. The van der Waals surface area contributed by atoms with E-state index in [1.165, 1.54) is 6.08 Å². The number of hydrogen-bond acceptors (Lipinski definition) is 5. The number of carbonyl (C=O) groups is 1. The van der Waals surface area contributed by atoms with Crippen LogP contribution >= 0.6 is 0 Å².